The van der Waals surface area contributed by atoms with Gasteiger partial charge in [-0.1, -0.05) is 129 Å². The van der Waals surface area contributed by atoms with Crippen LogP contribution in [0.5, 0.6) is 0 Å². The molecule has 0 N–H and O–H groups in total. The van der Waals surface area contributed by atoms with Gasteiger partial charge in [0, 0.05) is 12.4 Å². The van der Waals surface area contributed by atoms with Crippen molar-refractivity contribution in [3.8, 4) is 0 Å². The van der Waals surface area contributed by atoms with Crippen molar-refractivity contribution in [1.29, 1.82) is 0 Å². The number of nitrogens with zero attached hydrogens (tertiary/aromatic N) is 1. The molecule has 1 nitrogen and oxygen atoms in total. The molecule has 0 spiro atoms. The van der Waals surface area contributed by atoms with Gasteiger partial charge in [-0.3, -0.25) is 4.98 Å². The smallest absolute Gasteiger partial charge is 0.0270 e. The fraction of sp³-hybridized carbons (Fsp3) is 0.815. The van der Waals surface area contributed by atoms with E-state index in [1.807, 2.05) is 12.4 Å². The highest BCUT2D eigenvalue weighted by Gasteiger charge is 1.96. The Labute approximate surface area is 177 Å². The number of rotatable bonds is 21. The van der Waals surface area contributed by atoms with Crippen LogP contribution in [-0.2, 0) is 6.42 Å². The molecule has 1 heteroatoms. The van der Waals surface area contributed by atoms with Gasteiger partial charge < -0.3 is 0 Å². The van der Waals surface area contributed by atoms with Gasteiger partial charge in [-0.15, -0.1) is 0 Å². The molecule has 0 aliphatic heterocycles. The number of hydrogen-bond donors (Lipinski definition) is 0. The molecule has 0 radical (unpaired) electrons. The highest BCUT2D eigenvalue weighted by Crippen LogP contribution is 2.15. The van der Waals surface area contributed by atoms with E-state index in [0.717, 1.165) is 0 Å². The Morgan fingerprint density at radius 3 is 1.14 bits per heavy atom. The Balaban J connectivity index is 1.67. The molecular formula is C27H49N. The lowest BCUT2D eigenvalue weighted by Gasteiger charge is -2.04. The third kappa shape index (κ3) is 17.3. The number of aryl methyl sites for hydroxylation is 1. The Morgan fingerprint density at radius 2 is 0.786 bits per heavy atom. The number of aromatic nitrogens is 1. The van der Waals surface area contributed by atoms with Crippen LogP contribution in [0.1, 0.15) is 141 Å². The fourth-order valence-corrected chi connectivity index (χ4v) is 4.13. The minimum atomic E-state index is 1.22. The van der Waals surface area contributed by atoms with E-state index in [1.165, 1.54) is 140 Å². The summed E-state index contributed by atoms with van der Waals surface area (Å²) in [6.45, 7) is 2.30. The average Bonchev–Trinajstić information content (AvgIpc) is 2.73. The van der Waals surface area contributed by atoms with E-state index < -0.39 is 0 Å². The summed E-state index contributed by atoms with van der Waals surface area (Å²) in [5.41, 5.74) is 1.44. The quantitative estimate of drug-likeness (QED) is 0.191. The topological polar surface area (TPSA) is 12.9 Å². The van der Waals surface area contributed by atoms with Gasteiger partial charge in [-0.25, -0.2) is 0 Å². The molecular weight excluding hydrogens is 338 g/mol. The molecule has 0 aliphatic carbocycles. The highest BCUT2D eigenvalue weighted by atomic mass is 14.6. The van der Waals surface area contributed by atoms with Crippen molar-refractivity contribution in [2.75, 3.05) is 0 Å². The van der Waals surface area contributed by atoms with Crippen molar-refractivity contribution >= 4 is 0 Å². The van der Waals surface area contributed by atoms with Crippen LogP contribution in [0.3, 0.4) is 0 Å². The molecule has 162 valence electrons. The molecule has 0 amide bonds. The largest absolute Gasteiger partial charge is 0.265 e. The number of unbranched alkanes of at least 4 members (excludes halogenated alkanes) is 19. The summed E-state index contributed by atoms with van der Waals surface area (Å²) < 4.78 is 0. The SMILES string of the molecule is CCCCCCCCCCCCCCCCCCCCCCc1ccncc1. The molecule has 28 heavy (non-hydrogen) atoms. The van der Waals surface area contributed by atoms with Crippen LogP contribution >= 0.6 is 0 Å². The molecule has 0 unspecified atom stereocenters. The van der Waals surface area contributed by atoms with Crippen molar-refractivity contribution < 1.29 is 0 Å². The Kier molecular flexibility index (Phi) is 18.8. The minimum Gasteiger partial charge on any atom is -0.265 e. The molecule has 0 atom stereocenters. The van der Waals surface area contributed by atoms with E-state index in [-0.39, 0.29) is 0 Å². The first kappa shape index (κ1) is 25.2. The molecule has 1 aromatic heterocycles. The summed E-state index contributed by atoms with van der Waals surface area (Å²) in [6.07, 6.45) is 34.0. The first-order valence-corrected chi connectivity index (χ1v) is 12.8. The standard InChI is InChI=1S/C27H49N/c1-2-3-4-5-6-7-8-9-10-11-12-13-14-15-16-17-18-19-20-21-22-27-23-25-28-26-24-27/h23-26H,2-22H2,1H3. The normalized spacial score (nSPS) is 11.2. The van der Waals surface area contributed by atoms with Crippen LogP contribution in [0.4, 0.5) is 0 Å². The zero-order valence-corrected chi connectivity index (χ0v) is 19.1. The van der Waals surface area contributed by atoms with E-state index in [9.17, 15) is 0 Å². The van der Waals surface area contributed by atoms with Gasteiger partial charge in [0.1, 0.15) is 0 Å². The number of hydrogen-bond acceptors (Lipinski definition) is 1. The van der Waals surface area contributed by atoms with Gasteiger partial charge in [0.05, 0.1) is 0 Å². The van der Waals surface area contributed by atoms with Crippen molar-refractivity contribution in [3.63, 3.8) is 0 Å². The van der Waals surface area contributed by atoms with Gasteiger partial charge in [0.25, 0.3) is 0 Å². The van der Waals surface area contributed by atoms with Crippen LogP contribution in [0.2, 0.25) is 0 Å². The minimum absolute atomic E-state index is 1.22. The van der Waals surface area contributed by atoms with Crippen molar-refractivity contribution in [2.45, 2.75) is 142 Å². The lowest BCUT2D eigenvalue weighted by Crippen LogP contribution is -1.87. The summed E-state index contributed by atoms with van der Waals surface area (Å²) >= 11 is 0. The van der Waals surface area contributed by atoms with Gasteiger partial charge in [-0.2, -0.15) is 0 Å². The zero-order valence-electron chi connectivity index (χ0n) is 19.1. The Morgan fingerprint density at radius 1 is 0.464 bits per heavy atom. The maximum Gasteiger partial charge on any atom is 0.0270 e. The highest BCUT2D eigenvalue weighted by molar-refractivity contribution is 5.09. The van der Waals surface area contributed by atoms with E-state index in [4.69, 9.17) is 0 Å². The van der Waals surface area contributed by atoms with E-state index in [1.54, 1.807) is 0 Å². The molecule has 1 rings (SSSR count). The van der Waals surface area contributed by atoms with Gasteiger partial charge >= 0.3 is 0 Å². The summed E-state index contributed by atoms with van der Waals surface area (Å²) in [4.78, 5) is 4.08. The van der Waals surface area contributed by atoms with Crippen LogP contribution in [0.15, 0.2) is 24.5 Å². The summed E-state index contributed by atoms with van der Waals surface area (Å²) in [6, 6.07) is 4.30. The van der Waals surface area contributed by atoms with E-state index >= 15 is 0 Å². The monoisotopic (exact) mass is 387 g/mol. The fourth-order valence-electron chi connectivity index (χ4n) is 4.13. The third-order valence-corrected chi connectivity index (χ3v) is 6.07. The van der Waals surface area contributed by atoms with Crippen molar-refractivity contribution in [2.24, 2.45) is 0 Å². The molecule has 1 heterocycles. The predicted octanol–water partition coefficient (Wildman–Crippen LogP) is 9.45. The summed E-state index contributed by atoms with van der Waals surface area (Å²) in [7, 11) is 0. The van der Waals surface area contributed by atoms with Crippen LogP contribution in [-0.4, -0.2) is 4.98 Å². The second-order valence-electron chi connectivity index (χ2n) is 8.82. The maximum atomic E-state index is 4.08. The molecule has 0 bridgehead atoms. The molecule has 0 aliphatic rings. The van der Waals surface area contributed by atoms with Crippen molar-refractivity contribution in [1.82, 2.24) is 4.98 Å². The van der Waals surface area contributed by atoms with Gasteiger partial charge in [0.2, 0.25) is 0 Å². The first-order chi connectivity index (χ1) is 13.9. The predicted molar refractivity (Wildman–Crippen MR) is 126 cm³/mol. The van der Waals surface area contributed by atoms with Gasteiger partial charge in [0.15, 0.2) is 0 Å². The number of pyridine rings is 1. The Hall–Kier alpha value is -0.850. The second-order valence-corrected chi connectivity index (χ2v) is 8.82. The molecule has 0 aromatic carbocycles. The maximum absolute atomic E-state index is 4.08. The van der Waals surface area contributed by atoms with Crippen LogP contribution in [0, 0.1) is 0 Å². The van der Waals surface area contributed by atoms with E-state index in [2.05, 4.69) is 24.0 Å². The Bertz CT molecular complexity index is 400. The van der Waals surface area contributed by atoms with Gasteiger partial charge in [-0.05, 0) is 30.5 Å². The molecule has 0 saturated heterocycles. The second kappa shape index (κ2) is 20.9. The zero-order chi connectivity index (χ0) is 20.0. The first-order valence-electron chi connectivity index (χ1n) is 12.8. The lowest BCUT2D eigenvalue weighted by molar-refractivity contribution is 0.521. The van der Waals surface area contributed by atoms with E-state index in [0.29, 0.717) is 0 Å². The summed E-state index contributed by atoms with van der Waals surface area (Å²) in [5, 5.41) is 0. The molecule has 0 saturated carbocycles. The van der Waals surface area contributed by atoms with Crippen LogP contribution < -0.4 is 0 Å². The average molecular weight is 388 g/mol. The van der Waals surface area contributed by atoms with Crippen molar-refractivity contribution in [3.05, 3.63) is 30.1 Å². The lowest BCUT2D eigenvalue weighted by atomic mass is 10.0. The molecule has 0 fully saturated rings. The van der Waals surface area contributed by atoms with Crippen LogP contribution in [0.25, 0.3) is 0 Å². The molecule has 1 aromatic rings. The third-order valence-electron chi connectivity index (χ3n) is 6.07. The summed E-state index contributed by atoms with van der Waals surface area (Å²) in [5.74, 6) is 0.